The van der Waals surface area contributed by atoms with Crippen LogP contribution in [0.3, 0.4) is 0 Å². The minimum atomic E-state index is -0.569. The summed E-state index contributed by atoms with van der Waals surface area (Å²) in [7, 11) is 1.85. The standard InChI is InChI=1S/C15H18F2N2O/c1-18(8-10-5-6-11(16)7-13(10)17)9-19-14-4-2-3-12(14)15(19)20/h5-7,12,14H,2-4,8-9H2,1H3/t12-,14+/m1/s1. The van der Waals surface area contributed by atoms with Gasteiger partial charge in [0.2, 0.25) is 5.91 Å². The third kappa shape index (κ3) is 2.30. The lowest BCUT2D eigenvalue weighted by molar-refractivity contribution is -0.157. The maximum absolute atomic E-state index is 13.6. The van der Waals surface area contributed by atoms with Gasteiger partial charge in [0, 0.05) is 24.2 Å². The van der Waals surface area contributed by atoms with Gasteiger partial charge in [-0.1, -0.05) is 12.5 Å². The number of carbonyl (C=O) groups excluding carboxylic acids is 1. The summed E-state index contributed by atoms with van der Waals surface area (Å²) >= 11 is 0. The molecule has 2 fully saturated rings. The van der Waals surface area contributed by atoms with E-state index in [0.717, 1.165) is 25.3 Å². The van der Waals surface area contributed by atoms with Crippen LogP contribution >= 0.6 is 0 Å². The predicted octanol–water partition coefficient (Wildman–Crippen LogP) is 2.37. The van der Waals surface area contributed by atoms with Gasteiger partial charge in [-0.25, -0.2) is 8.78 Å². The van der Waals surface area contributed by atoms with Gasteiger partial charge in [-0.15, -0.1) is 0 Å². The number of rotatable bonds is 4. The third-order valence-corrected chi connectivity index (χ3v) is 4.33. The quantitative estimate of drug-likeness (QED) is 0.791. The summed E-state index contributed by atoms with van der Waals surface area (Å²) < 4.78 is 26.4. The molecule has 1 heterocycles. The van der Waals surface area contributed by atoms with E-state index in [9.17, 15) is 13.6 Å². The Morgan fingerprint density at radius 1 is 1.35 bits per heavy atom. The van der Waals surface area contributed by atoms with Gasteiger partial charge in [-0.05, 0) is 26.0 Å². The van der Waals surface area contributed by atoms with Crippen LogP contribution in [0.1, 0.15) is 24.8 Å². The zero-order valence-electron chi connectivity index (χ0n) is 11.5. The van der Waals surface area contributed by atoms with Crippen molar-refractivity contribution in [3.8, 4) is 0 Å². The highest BCUT2D eigenvalue weighted by molar-refractivity contribution is 5.86. The topological polar surface area (TPSA) is 23.6 Å². The van der Waals surface area contributed by atoms with Gasteiger partial charge >= 0.3 is 0 Å². The summed E-state index contributed by atoms with van der Waals surface area (Å²) in [6.07, 6.45) is 3.21. The van der Waals surface area contributed by atoms with E-state index in [-0.39, 0.29) is 11.8 Å². The molecule has 5 heteroatoms. The lowest BCUT2D eigenvalue weighted by Gasteiger charge is -2.45. The van der Waals surface area contributed by atoms with E-state index >= 15 is 0 Å². The fourth-order valence-electron chi connectivity index (χ4n) is 3.32. The molecule has 20 heavy (non-hydrogen) atoms. The van der Waals surface area contributed by atoms with E-state index < -0.39 is 11.6 Å². The Balaban J connectivity index is 1.60. The summed E-state index contributed by atoms with van der Waals surface area (Å²) in [4.78, 5) is 15.7. The smallest absolute Gasteiger partial charge is 0.229 e. The molecule has 2 aliphatic rings. The van der Waals surface area contributed by atoms with Crippen LogP contribution in [0.5, 0.6) is 0 Å². The number of fused-ring (bicyclic) bond motifs is 1. The van der Waals surface area contributed by atoms with Crippen molar-refractivity contribution in [2.75, 3.05) is 13.7 Å². The largest absolute Gasteiger partial charge is 0.326 e. The van der Waals surface area contributed by atoms with Crippen LogP contribution < -0.4 is 0 Å². The number of hydrogen-bond acceptors (Lipinski definition) is 2. The predicted molar refractivity (Wildman–Crippen MR) is 70.7 cm³/mol. The summed E-state index contributed by atoms with van der Waals surface area (Å²) in [6, 6.07) is 3.99. The molecule has 0 spiro atoms. The summed E-state index contributed by atoms with van der Waals surface area (Å²) in [5.74, 6) is -0.656. The van der Waals surface area contributed by atoms with Crippen molar-refractivity contribution in [1.82, 2.24) is 9.80 Å². The van der Waals surface area contributed by atoms with Crippen LogP contribution in [0.15, 0.2) is 18.2 Å². The molecule has 0 bridgehead atoms. The highest BCUT2D eigenvalue weighted by atomic mass is 19.1. The summed E-state index contributed by atoms with van der Waals surface area (Å²) in [5, 5.41) is 0. The van der Waals surface area contributed by atoms with Crippen molar-refractivity contribution in [3.63, 3.8) is 0 Å². The van der Waals surface area contributed by atoms with Gasteiger partial charge in [0.15, 0.2) is 0 Å². The normalized spacial score (nSPS) is 25.0. The van der Waals surface area contributed by atoms with Gasteiger partial charge in [0.05, 0.1) is 12.6 Å². The van der Waals surface area contributed by atoms with E-state index in [1.165, 1.54) is 12.1 Å². The second-order valence-corrected chi connectivity index (χ2v) is 5.80. The molecule has 2 atom stereocenters. The van der Waals surface area contributed by atoms with Crippen LogP contribution in [-0.2, 0) is 11.3 Å². The molecule has 1 aromatic rings. The first-order valence-electron chi connectivity index (χ1n) is 6.99. The SMILES string of the molecule is CN(Cc1ccc(F)cc1F)CN1C(=O)[C@@H]2CCC[C@@H]21. The Kier molecular flexibility index (Phi) is 3.46. The fourth-order valence-corrected chi connectivity index (χ4v) is 3.32. The molecule has 3 rings (SSSR count). The maximum Gasteiger partial charge on any atom is 0.229 e. The second-order valence-electron chi connectivity index (χ2n) is 5.80. The van der Waals surface area contributed by atoms with Crippen molar-refractivity contribution in [2.45, 2.75) is 31.8 Å². The molecular formula is C15H18F2N2O. The second kappa shape index (κ2) is 5.13. The molecule has 1 aliphatic heterocycles. The maximum atomic E-state index is 13.6. The molecule has 1 amide bonds. The van der Waals surface area contributed by atoms with Crippen molar-refractivity contribution in [2.24, 2.45) is 5.92 Å². The van der Waals surface area contributed by atoms with Crippen LogP contribution in [0.4, 0.5) is 8.78 Å². The highest BCUT2D eigenvalue weighted by Gasteiger charge is 2.49. The van der Waals surface area contributed by atoms with Gasteiger partial charge in [-0.2, -0.15) is 0 Å². The number of nitrogens with zero attached hydrogens (tertiary/aromatic N) is 2. The molecule has 0 N–H and O–H groups in total. The molecule has 1 aromatic carbocycles. The summed E-state index contributed by atoms with van der Waals surface area (Å²) in [5.41, 5.74) is 0.449. The zero-order chi connectivity index (χ0) is 14.3. The molecule has 1 saturated heterocycles. The Morgan fingerprint density at radius 2 is 2.15 bits per heavy atom. The van der Waals surface area contributed by atoms with Crippen molar-refractivity contribution >= 4 is 5.91 Å². The molecular weight excluding hydrogens is 262 g/mol. The molecule has 0 radical (unpaired) electrons. The van der Waals surface area contributed by atoms with Crippen molar-refractivity contribution < 1.29 is 13.6 Å². The third-order valence-electron chi connectivity index (χ3n) is 4.33. The van der Waals surface area contributed by atoms with E-state index in [1.54, 1.807) is 0 Å². The Labute approximate surface area is 117 Å². The molecule has 1 saturated carbocycles. The number of benzene rings is 1. The number of halogens is 2. The summed E-state index contributed by atoms with van der Waals surface area (Å²) in [6.45, 7) is 0.879. The zero-order valence-corrected chi connectivity index (χ0v) is 11.5. The van der Waals surface area contributed by atoms with Crippen molar-refractivity contribution in [3.05, 3.63) is 35.4 Å². The minimum Gasteiger partial charge on any atom is -0.326 e. The lowest BCUT2D eigenvalue weighted by Crippen LogP contribution is -2.60. The average Bonchev–Trinajstić information content (AvgIpc) is 2.84. The molecule has 1 aliphatic carbocycles. The number of likely N-dealkylation sites (tertiary alicyclic amines) is 1. The van der Waals surface area contributed by atoms with E-state index in [1.807, 2.05) is 16.8 Å². The molecule has 108 valence electrons. The van der Waals surface area contributed by atoms with E-state index in [4.69, 9.17) is 0 Å². The van der Waals surface area contributed by atoms with Crippen LogP contribution in [0.25, 0.3) is 0 Å². The highest BCUT2D eigenvalue weighted by Crippen LogP contribution is 2.39. The van der Waals surface area contributed by atoms with Crippen molar-refractivity contribution in [1.29, 1.82) is 0 Å². The molecule has 0 aromatic heterocycles. The van der Waals surface area contributed by atoms with Crippen LogP contribution in [0.2, 0.25) is 0 Å². The van der Waals surface area contributed by atoms with Gasteiger partial charge in [0.1, 0.15) is 11.6 Å². The van der Waals surface area contributed by atoms with Gasteiger partial charge in [0.25, 0.3) is 0 Å². The molecule has 0 unspecified atom stereocenters. The average molecular weight is 280 g/mol. The van der Waals surface area contributed by atoms with E-state index in [2.05, 4.69) is 0 Å². The first-order valence-corrected chi connectivity index (χ1v) is 6.99. The number of amides is 1. The number of carbonyl (C=O) groups is 1. The fraction of sp³-hybridized carbons (Fsp3) is 0.533. The first kappa shape index (κ1) is 13.5. The van der Waals surface area contributed by atoms with Gasteiger partial charge < -0.3 is 4.90 Å². The van der Waals surface area contributed by atoms with E-state index in [0.29, 0.717) is 24.8 Å². The minimum absolute atomic E-state index is 0.221. The number of hydrogen-bond donors (Lipinski definition) is 0. The van der Waals surface area contributed by atoms with Gasteiger partial charge in [-0.3, -0.25) is 9.69 Å². The van der Waals surface area contributed by atoms with Crippen LogP contribution in [0, 0.1) is 17.6 Å². The first-order chi connectivity index (χ1) is 9.56. The Bertz CT molecular complexity index is 535. The lowest BCUT2D eigenvalue weighted by atomic mass is 9.91. The number of β-lactam (4-membered cyclic amide) rings is 1. The Hall–Kier alpha value is -1.49. The molecule has 3 nitrogen and oxygen atoms in total. The van der Waals surface area contributed by atoms with Crippen LogP contribution in [-0.4, -0.2) is 35.5 Å². The Morgan fingerprint density at radius 3 is 2.90 bits per heavy atom. The monoisotopic (exact) mass is 280 g/mol.